The maximum atomic E-state index is 12.2. The van der Waals surface area contributed by atoms with Gasteiger partial charge in [-0.25, -0.2) is 0 Å². The number of hydrogen-bond acceptors (Lipinski definition) is 3. The molecule has 1 aromatic rings. The molecule has 0 saturated heterocycles. The number of carbonyl (C=O) groups is 1. The lowest BCUT2D eigenvalue weighted by Crippen LogP contribution is -2.29. The van der Waals surface area contributed by atoms with E-state index in [1.165, 1.54) is 0 Å². The third kappa shape index (κ3) is 3.15. The van der Waals surface area contributed by atoms with Gasteiger partial charge < -0.3 is 9.84 Å². The molecule has 1 N–H and O–H groups in total. The maximum Gasteiger partial charge on any atom is 0.319 e. The molecule has 2 rings (SSSR count). The summed E-state index contributed by atoms with van der Waals surface area (Å²) in [5, 5.41) is 8.28. The fraction of sp³-hybridized carbons (Fsp3) is 0.500. The van der Waals surface area contributed by atoms with Gasteiger partial charge in [-0.2, -0.15) is 0 Å². The van der Waals surface area contributed by atoms with Crippen LogP contribution >= 0.6 is 0 Å². The number of benzene rings is 1. The number of ether oxygens (including phenoxy) is 1. The van der Waals surface area contributed by atoms with E-state index in [1.807, 2.05) is 24.3 Å². The van der Waals surface area contributed by atoms with Crippen LogP contribution in [-0.4, -0.2) is 32.9 Å². The van der Waals surface area contributed by atoms with Crippen LogP contribution in [0.15, 0.2) is 24.3 Å². The Kier molecular flexibility index (Phi) is 4.58. The molecule has 0 spiro atoms. The van der Waals surface area contributed by atoms with Gasteiger partial charge in [-0.1, -0.05) is 25.1 Å². The minimum absolute atomic E-state index is 0.124. The number of aliphatic carboxylic acids is 1. The van der Waals surface area contributed by atoms with E-state index in [0.717, 1.165) is 17.7 Å². The van der Waals surface area contributed by atoms with Crippen LogP contribution in [-0.2, 0) is 15.6 Å². The summed E-state index contributed by atoms with van der Waals surface area (Å²) in [4.78, 5) is 11.0. The van der Waals surface area contributed by atoms with Crippen molar-refractivity contribution in [3.63, 3.8) is 0 Å². The van der Waals surface area contributed by atoms with E-state index in [2.05, 4.69) is 0 Å². The van der Waals surface area contributed by atoms with Crippen molar-refractivity contribution in [2.75, 3.05) is 12.4 Å². The smallest absolute Gasteiger partial charge is 0.319 e. The number of para-hydroxylation sites is 1. The van der Waals surface area contributed by atoms with E-state index in [4.69, 9.17) is 9.84 Å². The SMILES string of the molecule is CCC(C(=O)O)S(=O)CC1CCOc2ccccc21. The van der Waals surface area contributed by atoms with Crippen LogP contribution in [0, 0.1) is 0 Å². The molecule has 0 aliphatic carbocycles. The molecule has 1 aliphatic heterocycles. The Labute approximate surface area is 115 Å². The zero-order valence-corrected chi connectivity index (χ0v) is 11.7. The molecular weight excluding hydrogens is 264 g/mol. The Hall–Kier alpha value is -1.36. The summed E-state index contributed by atoms with van der Waals surface area (Å²) in [6.45, 7) is 2.36. The average Bonchev–Trinajstić information content (AvgIpc) is 2.39. The monoisotopic (exact) mass is 282 g/mol. The second-order valence-corrected chi connectivity index (χ2v) is 6.32. The molecule has 3 atom stereocenters. The van der Waals surface area contributed by atoms with Crippen LogP contribution in [0.3, 0.4) is 0 Å². The van der Waals surface area contributed by atoms with Gasteiger partial charge in [0.2, 0.25) is 0 Å². The fourth-order valence-corrected chi connectivity index (χ4v) is 3.95. The van der Waals surface area contributed by atoms with Crippen molar-refractivity contribution in [2.45, 2.75) is 30.9 Å². The zero-order chi connectivity index (χ0) is 13.8. The molecule has 1 aromatic carbocycles. The Balaban J connectivity index is 2.12. The molecule has 0 bridgehead atoms. The number of rotatable bonds is 5. The van der Waals surface area contributed by atoms with Crippen LogP contribution in [0.4, 0.5) is 0 Å². The third-order valence-electron chi connectivity index (χ3n) is 3.41. The molecule has 0 radical (unpaired) electrons. The topological polar surface area (TPSA) is 63.6 Å². The molecule has 5 heteroatoms. The van der Waals surface area contributed by atoms with Crippen molar-refractivity contribution < 1.29 is 18.8 Å². The first-order chi connectivity index (χ1) is 9.13. The lowest BCUT2D eigenvalue weighted by atomic mass is 9.95. The molecule has 0 saturated carbocycles. The Morgan fingerprint density at radius 1 is 1.53 bits per heavy atom. The molecule has 3 unspecified atom stereocenters. The van der Waals surface area contributed by atoms with E-state index in [0.29, 0.717) is 18.8 Å². The first-order valence-electron chi connectivity index (χ1n) is 6.45. The summed E-state index contributed by atoms with van der Waals surface area (Å²) in [7, 11) is -1.35. The predicted octanol–water partition coefficient (Wildman–Crippen LogP) is 2.16. The van der Waals surface area contributed by atoms with Gasteiger partial charge in [0.05, 0.1) is 6.61 Å². The van der Waals surface area contributed by atoms with Crippen molar-refractivity contribution in [2.24, 2.45) is 0 Å². The number of carboxylic acids is 1. The number of hydrogen-bond donors (Lipinski definition) is 1. The van der Waals surface area contributed by atoms with E-state index >= 15 is 0 Å². The molecule has 4 nitrogen and oxygen atoms in total. The molecule has 0 aromatic heterocycles. The normalized spacial score (nSPS) is 21.0. The van der Waals surface area contributed by atoms with Crippen molar-refractivity contribution in [3.8, 4) is 5.75 Å². The minimum atomic E-state index is -1.35. The van der Waals surface area contributed by atoms with Crippen molar-refractivity contribution in [3.05, 3.63) is 29.8 Å². The first-order valence-corrected chi connectivity index (χ1v) is 7.83. The largest absolute Gasteiger partial charge is 0.493 e. The molecule has 1 aliphatic rings. The molecule has 0 fully saturated rings. The van der Waals surface area contributed by atoms with Gasteiger partial charge in [0, 0.05) is 22.5 Å². The minimum Gasteiger partial charge on any atom is -0.493 e. The highest BCUT2D eigenvalue weighted by molar-refractivity contribution is 7.86. The van der Waals surface area contributed by atoms with Crippen molar-refractivity contribution >= 4 is 16.8 Å². The first kappa shape index (κ1) is 14.1. The summed E-state index contributed by atoms with van der Waals surface area (Å²) in [6, 6.07) is 7.71. The van der Waals surface area contributed by atoms with E-state index < -0.39 is 22.0 Å². The molecular formula is C14H18O4S. The standard InChI is InChI=1S/C14H18O4S/c1-2-13(14(15)16)19(17)9-10-7-8-18-12-6-4-3-5-11(10)12/h3-6,10,13H,2,7-9H2,1H3,(H,15,16). The second-order valence-electron chi connectivity index (χ2n) is 4.65. The Morgan fingerprint density at radius 3 is 2.95 bits per heavy atom. The van der Waals surface area contributed by atoms with E-state index in [9.17, 15) is 9.00 Å². The quantitative estimate of drug-likeness (QED) is 0.899. The highest BCUT2D eigenvalue weighted by atomic mass is 32.2. The highest BCUT2D eigenvalue weighted by Crippen LogP contribution is 2.34. The maximum absolute atomic E-state index is 12.2. The average molecular weight is 282 g/mol. The van der Waals surface area contributed by atoms with Gasteiger partial charge >= 0.3 is 5.97 Å². The van der Waals surface area contributed by atoms with Crippen LogP contribution < -0.4 is 4.74 Å². The van der Waals surface area contributed by atoms with Crippen molar-refractivity contribution in [1.29, 1.82) is 0 Å². The molecule has 19 heavy (non-hydrogen) atoms. The van der Waals surface area contributed by atoms with Gasteiger partial charge in [-0.3, -0.25) is 9.00 Å². The van der Waals surface area contributed by atoms with Gasteiger partial charge in [0.15, 0.2) is 0 Å². The van der Waals surface area contributed by atoms with Crippen LogP contribution in [0.1, 0.15) is 31.2 Å². The van der Waals surface area contributed by atoms with Gasteiger partial charge in [-0.15, -0.1) is 0 Å². The fourth-order valence-electron chi connectivity index (χ4n) is 2.38. The summed E-state index contributed by atoms with van der Waals surface area (Å²) in [6.07, 6.45) is 1.19. The van der Waals surface area contributed by atoms with Crippen molar-refractivity contribution in [1.82, 2.24) is 0 Å². The Morgan fingerprint density at radius 2 is 2.26 bits per heavy atom. The number of fused-ring (bicyclic) bond motifs is 1. The van der Waals surface area contributed by atoms with E-state index in [-0.39, 0.29) is 5.92 Å². The predicted molar refractivity (Wildman–Crippen MR) is 74.0 cm³/mol. The zero-order valence-electron chi connectivity index (χ0n) is 10.9. The summed E-state index contributed by atoms with van der Waals surface area (Å²) in [5.74, 6) is 0.380. The van der Waals surface area contributed by atoms with Crippen LogP contribution in [0.2, 0.25) is 0 Å². The molecule has 0 amide bonds. The second kappa shape index (κ2) is 6.19. The number of carboxylic acid groups (broad SMARTS) is 1. The van der Waals surface area contributed by atoms with Crippen LogP contribution in [0.25, 0.3) is 0 Å². The third-order valence-corrected chi connectivity index (χ3v) is 5.31. The van der Waals surface area contributed by atoms with Gasteiger partial charge in [0.25, 0.3) is 0 Å². The molecule has 1 heterocycles. The van der Waals surface area contributed by atoms with Crippen LogP contribution in [0.5, 0.6) is 5.75 Å². The lowest BCUT2D eigenvalue weighted by Gasteiger charge is -2.26. The van der Waals surface area contributed by atoms with E-state index in [1.54, 1.807) is 6.92 Å². The molecule has 104 valence electrons. The summed E-state index contributed by atoms with van der Waals surface area (Å²) < 4.78 is 17.7. The van der Waals surface area contributed by atoms with Gasteiger partial charge in [-0.05, 0) is 24.5 Å². The highest BCUT2D eigenvalue weighted by Gasteiger charge is 2.28. The summed E-state index contributed by atoms with van der Waals surface area (Å²) in [5.41, 5.74) is 1.04. The Bertz CT molecular complexity index is 486. The van der Waals surface area contributed by atoms with Gasteiger partial charge in [0.1, 0.15) is 11.0 Å². The summed E-state index contributed by atoms with van der Waals surface area (Å²) >= 11 is 0. The lowest BCUT2D eigenvalue weighted by molar-refractivity contribution is -0.136.